The minimum atomic E-state index is -0.829. The molecule has 1 aromatic heterocycles. The molecule has 1 fully saturated rings. The van der Waals surface area contributed by atoms with Gasteiger partial charge in [0.2, 0.25) is 5.82 Å². The Morgan fingerprint density at radius 1 is 1.27 bits per heavy atom. The molecule has 0 spiro atoms. The van der Waals surface area contributed by atoms with E-state index in [-0.39, 0.29) is 24.3 Å². The second-order valence-corrected chi connectivity index (χ2v) is 6.78. The summed E-state index contributed by atoms with van der Waals surface area (Å²) in [5.41, 5.74) is 0.749. The van der Waals surface area contributed by atoms with Crippen molar-refractivity contribution in [1.29, 1.82) is 0 Å². The molecule has 5 nitrogen and oxygen atoms in total. The summed E-state index contributed by atoms with van der Waals surface area (Å²) in [6, 6.07) is 13.4. The Morgan fingerprint density at radius 3 is 2.69 bits per heavy atom. The number of carbonyl (C=O) groups excluding carboxylic acids is 1. The van der Waals surface area contributed by atoms with Crippen LogP contribution in [0.3, 0.4) is 0 Å². The highest BCUT2D eigenvalue weighted by Crippen LogP contribution is 2.59. The molecular weight excluding hydrogens is 377 g/mol. The molecule has 2 aromatic carbocycles. The first kappa shape index (κ1) is 17.2. The third-order valence-corrected chi connectivity index (χ3v) is 4.95. The molecular formula is C18H13ClFN3O2S. The third kappa shape index (κ3) is 2.92. The van der Waals surface area contributed by atoms with Crippen LogP contribution in [0.5, 0.6) is 0 Å². The number of carbonyl (C=O) groups is 1. The summed E-state index contributed by atoms with van der Waals surface area (Å²) >= 11 is 10.2. The van der Waals surface area contributed by atoms with Crippen molar-refractivity contribution in [3.05, 3.63) is 82.6 Å². The van der Waals surface area contributed by atoms with E-state index in [1.807, 2.05) is 18.2 Å². The van der Waals surface area contributed by atoms with Crippen LogP contribution in [-0.4, -0.2) is 19.9 Å². The van der Waals surface area contributed by atoms with Gasteiger partial charge in [-0.25, -0.2) is 14.1 Å². The van der Waals surface area contributed by atoms with Crippen LogP contribution in [0.15, 0.2) is 54.9 Å². The topological polar surface area (TPSA) is 60.3 Å². The summed E-state index contributed by atoms with van der Waals surface area (Å²) < 4.78 is 20.9. The Hall–Kier alpha value is -2.22. The van der Waals surface area contributed by atoms with E-state index in [9.17, 15) is 9.18 Å². The van der Waals surface area contributed by atoms with Crippen LogP contribution >= 0.6 is 24.2 Å². The molecule has 1 aliphatic rings. The van der Waals surface area contributed by atoms with Crippen LogP contribution in [0.4, 0.5) is 4.39 Å². The summed E-state index contributed by atoms with van der Waals surface area (Å²) in [7, 11) is 0. The van der Waals surface area contributed by atoms with E-state index >= 15 is 0 Å². The lowest BCUT2D eigenvalue weighted by Gasteiger charge is -2.15. The Labute approximate surface area is 159 Å². The molecule has 1 aliphatic heterocycles. The second kappa shape index (κ2) is 6.50. The molecule has 0 N–H and O–H groups in total. The average molecular weight is 390 g/mol. The molecule has 2 atom stereocenters. The summed E-state index contributed by atoms with van der Waals surface area (Å²) in [4.78, 5) is 15.6. The Bertz CT molecular complexity index is 979. The fourth-order valence-corrected chi connectivity index (χ4v) is 3.52. The van der Waals surface area contributed by atoms with Gasteiger partial charge in [0.15, 0.2) is 0 Å². The third-order valence-electron chi connectivity index (χ3n) is 4.41. The van der Waals surface area contributed by atoms with Gasteiger partial charge < -0.3 is 4.74 Å². The molecule has 3 aromatic rings. The monoisotopic (exact) mass is 389 g/mol. The standard InChI is InChI=1S/C18H13ClFN3O2S/c19-14-4-2-1-3-13(14)15-18(25-15,11-5-7-12(20)8-6-11)9-23-16(17(24)26)21-10-22-23/h1-8,10,15H,9H2,(H,24,26). The van der Waals surface area contributed by atoms with Gasteiger partial charge in [-0.2, -0.15) is 5.10 Å². The second-order valence-electron chi connectivity index (χ2n) is 5.96. The lowest BCUT2D eigenvalue weighted by Crippen LogP contribution is -2.22. The van der Waals surface area contributed by atoms with Crippen LogP contribution in [0, 0.1) is 5.82 Å². The van der Waals surface area contributed by atoms with Gasteiger partial charge in [0, 0.05) is 10.6 Å². The van der Waals surface area contributed by atoms with E-state index in [2.05, 4.69) is 22.7 Å². The molecule has 0 bridgehead atoms. The average Bonchev–Trinajstić information content (AvgIpc) is 3.13. The number of hydrogen-bond acceptors (Lipinski definition) is 4. The molecule has 4 rings (SSSR count). The van der Waals surface area contributed by atoms with Crippen LogP contribution in [0.1, 0.15) is 27.8 Å². The fourth-order valence-electron chi connectivity index (χ4n) is 3.11. The zero-order valence-electron chi connectivity index (χ0n) is 13.3. The Kier molecular flexibility index (Phi) is 4.30. The molecule has 0 radical (unpaired) electrons. The van der Waals surface area contributed by atoms with Crippen molar-refractivity contribution in [1.82, 2.24) is 14.8 Å². The number of nitrogens with zero attached hydrogens (tertiary/aromatic N) is 3. The maximum atomic E-state index is 13.4. The molecule has 132 valence electrons. The highest BCUT2D eigenvalue weighted by atomic mass is 35.5. The van der Waals surface area contributed by atoms with Crippen molar-refractivity contribution in [2.45, 2.75) is 18.2 Å². The molecule has 8 heteroatoms. The fraction of sp³-hybridized carbons (Fsp3) is 0.167. The first-order valence-electron chi connectivity index (χ1n) is 7.80. The van der Waals surface area contributed by atoms with Crippen LogP contribution in [0.25, 0.3) is 0 Å². The van der Waals surface area contributed by atoms with E-state index in [4.69, 9.17) is 16.3 Å². The van der Waals surface area contributed by atoms with E-state index in [0.717, 1.165) is 11.1 Å². The summed E-state index contributed by atoms with van der Waals surface area (Å²) in [5, 5.41) is 4.19. The largest absolute Gasteiger partial charge is 0.354 e. The van der Waals surface area contributed by atoms with Crippen LogP contribution < -0.4 is 0 Å². The smallest absolute Gasteiger partial charge is 0.253 e. The van der Waals surface area contributed by atoms with Crippen molar-refractivity contribution in [2.24, 2.45) is 0 Å². The molecule has 2 unspecified atom stereocenters. The van der Waals surface area contributed by atoms with Crippen molar-refractivity contribution in [3.63, 3.8) is 0 Å². The first-order chi connectivity index (χ1) is 12.5. The molecule has 0 saturated carbocycles. The number of rotatable bonds is 5. The van der Waals surface area contributed by atoms with Crippen molar-refractivity contribution < 1.29 is 13.9 Å². The summed E-state index contributed by atoms with van der Waals surface area (Å²) in [6.07, 6.45) is 0.933. The van der Waals surface area contributed by atoms with E-state index in [1.54, 1.807) is 18.2 Å². The number of benzene rings is 2. The van der Waals surface area contributed by atoms with Gasteiger partial charge in [-0.3, -0.25) is 4.79 Å². The number of aromatic nitrogens is 3. The van der Waals surface area contributed by atoms with Gasteiger partial charge >= 0.3 is 0 Å². The van der Waals surface area contributed by atoms with Gasteiger partial charge in [0.1, 0.15) is 23.8 Å². The van der Waals surface area contributed by atoms with Crippen molar-refractivity contribution in [3.8, 4) is 0 Å². The number of thiol groups is 1. The molecule has 26 heavy (non-hydrogen) atoms. The van der Waals surface area contributed by atoms with Gasteiger partial charge in [-0.15, -0.1) is 0 Å². The molecule has 0 amide bonds. The van der Waals surface area contributed by atoms with Crippen LogP contribution in [0.2, 0.25) is 5.02 Å². The van der Waals surface area contributed by atoms with Crippen molar-refractivity contribution >= 4 is 29.3 Å². The van der Waals surface area contributed by atoms with Gasteiger partial charge in [0.25, 0.3) is 5.12 Å². The highest BCUT2D eigenvalue weighted by Gasteiger charge is 2.59. The lowest BCUT2D eigenvalue weighted by molar-refractivity contribution is 0.107. The van der Waals surface area contributed by atoms with Gasteiger partial charge in [-0.1, -0.05) is 54.6 Å². The lowest BCUT2D eigenvalue weighted by atomic mass is 9.91. The minimum absolute atomic E-state index is 0.114. The number of halogens is 2. The van der Waals surface area contributed by atoms with E-state index < -0.39 is 10.7 Å². The number of ether oxygens (including phenoxy) is 1. The summed E-state index contributed by atoms with van der Waals surface area (Å²) in [5.74, 6) is -0.228. The SMILES string of the molecule is O=C(S)c1ncnn1CC1(c2ccc(F)cc2)OC1c1ccccc1Cl. The molecule has 2 heterocycles. The normalized spacial score (nSPS) is 21.6. The zero-order chi connectivity index (χ0) is 18.3. The van der Waals surface area contributed by atoms with Gasteiger partial charge in [-0.05, 0) is 23.8 Å². The quantitative estimate of drug-likeness (QED) is 0.532. The molecule has 0 aliphatic carbocycles. The summed E-state index contributed by atoms with van der Waals surface area (Å²) in [6.45, 7) is 0.218. The number of epoxide rings is 1. The van der Waals surface area contributed by atoms with Crippen LogP contribution in [-0.2, 0) is 16.9 Å². The predicted molar refractivity (Wildman–Crippen MR) is 96.7 cm³/mol. The minimum Gasteiger partial charge on any atom is -0.354 e. The molecule has 1 saturated heterocycles. The predicted octanol–water partition coefficient (Wildman–Crippen LogP) is 3.81. The Morgan fingerprint density at radius 2 is 2.00 bits per heavy atom. The van der Waals surface area contributed by atoms with Gasteiger partial charge in [0.05, 0.1) is 6.54 Å². The number of hydrogen-bond donors (Lipinski definition) is 1. The zero-order valence-corrected chi connectivity index (χ0v) is 15.0. The van der Waals surface area contributed by atoms with E-state index in [1.165, 1.54) is 23.1 Å². The maximum Gasteiger partial charge on any atom is 0.253 e. The Balaban J connectivity index is 1.77. The van der Waals surface area contributed by atoms with E-state index in [0.29, 0.717) is 5.02 Å². The van der Waals surface area contributed by atoms with Crippen molar-refractivity contribution in [2.75, 3.05) is 0 Å². The highest BCUT2D eigenvalue weighted by molar-refractivity contribution is 7.97. The maximum absolute atomic E-state index is 13.4. The first-order valence-corrected chi connectivity index (χ1v) is 8.63.